The average Bonchev–Trinajstić information content (AvgIpc) is 2.61. The molecule has 0 aliphatic rings. The summed E-state index contributed by atoms with van der Waals surface area (Å²) in [5.74, 6) is -0.422. The highest BCUT2D eigenvalue weighted by atomic mass is 16.5. The summed E-state index contributed by atoms with van der Waals surface area (Å²) in [7, 11) is 0. The van der Waals surface area contributed by atoms with Crippen molar-refractivity contribution in [2.45, 2.75) is 20.0 Å². The molecule has 1 heterocycles. The molecule has 130 valence electrons. The molecular weight excluding hydrogens is 320 g/mol. The van der Waals surface area contributed by atoms with Crippen LogP contribution in [0.2, 0.25) is 0 Å². The SMILES string of the molecule is C=CCn1cc(-c2ccc(C(=O)OCC)cc2)c(=O)n(CC=C)c1=O. The summed E-state index contributed by atoms with van der Waals surface area (Å²) in [5.41, 5.74) is 0.537. The second-order valence-corrected chi connectivity index (χ2v) is 5.27. The number of hydrogen-bond acceptors (Lipinski definition) is 4. The molecule has 0 saturated heterocycles. The number of aromatic nitrogens is 2. The van der Waals surface area contributed by atoms with E-state index in [-0.39, 0.29) is 13.1 Å². The van der Waals surface area contributed by atoms with Gasteiger partial charge in [-0.05, 0) is 24.6 Å². The van der Waals surface area contributed by atoms with Crippen LogP contribution in [0.1, 0.15) is 17.3 Å². The summed E-state index contributed by atoms with van der Waals surface area (Å²) in [6.45, 7) is 9.63. The van der Waals surface area contributed by atoms with Crippen molar-refractivity contribution in [1.82, 2.24) is 9.13 Å². The van der Waals surface area contributed by atoms with E-state index in [0.29, 0.717) is 23.3 Å². The van der Waals surface area contributed by atoms with Gasteiger partial charge in [-0.25, -0.2) is 9.59 Å². The monoisotopic (exact) mass is 340 g/mol. The van der Waals surface area contributed by atoms with E-state index in [1.54, 1.807) is 37.3 Å². The van der Waals surface area contributed by atoms with Gasteiger partial charge >= 0.3 is 11.7 Å². The van der Waals surface area contributed by atoms with Crippen LogP contribution in [0.3, 0.4) is 0 Å². The summed E-state index contributed by atoms with van der Waals surface area (Å²) in [6.07, 6.45) is 4.58. The fourth-order valence-electron chi connectivity index (χ4n) is 2.41. The zero-order valence-corrected chi connectivity index (χ0v) is 14.1. The van der Waals surface area contributed by atoms with Crippen molar-refractivity contribution in [3.8, 4) is 11.1 Å². The minimum Gasteiger partial charge on any atom is -0.462 e. The molecule has 0 aliphatic carbocycles. The molecule has 2 rings (SSSR count). The number of carbonyl (C=O) groups is 1. The Labute approximate surface area is 145 Å². The first-order valence-corrected chi connectivity index (χ1v) is 7.87. The summed E-state index contributed by atoms with van der Waals surface area (Å²) in [5, 5.41) is 0. The maximum atomic E-state index is 12.6. The number of ether oxygens (including phenoxy) is 1. The van der Waals surface area contributed by atoms with E-state index in [4.69, 9.17) is 4.74 Å². The van der Waals surface area contributed by atoms with Gasteiger partial charge in [0.1, 0.15) is 0 Å². The second-order valence-electron chi connectivity index (χ2n) is 5.27. The van der Waals surface area contributed by atoms with Gasteiger partial charge in [0.15, 0.2) is 0 Å². The fraction of sp³-hybridized carbons (Fsp3) is 0.211. The molecule has 25 heavy (non-hydrogen) atoms. The third kappa shape index (κ3) is 3.85. The van der Waals surface area contributed by atoms with Crippen molar-refractivity contribution in [2.75, 3.05) is 6.61 Å². The van der Waals surface area contributed by atoms with Crippen LogP contribution in [0.5, 0.6) is 0 Å². The van der Waals surface area contributed by atoms with Gasteiger partial charge in [-0.1, -0.05) is 24.3 Å². The standard InChI is InChI=1S/C19H20N2O4/c1-4-11-20-13-16(17(22)21(12-5-2)19(20)24)14-7-9-15(10-8-14)18(23)25-6-3/h4-5,7-10,13H,1-2,6,11-12H2,3H3. The number of rotatable bonds is 7. The minimum atomic E-state index is -0.422. The predicted octanol–water partition coefficient (Wildman–Crippen LogP) is 2.23. The maximum Gasteiger partial charge on any atom is 0.338 e. The summed E-state index contributed by atoms with van der Waals surface area (Å²) < 4.78 is 7.47. The highest BCUT2D eigenvalue weighted by Crippen LogP contribution is 2.16. The van der Waals surface area contributed by atoms with Gasteiger partial charge in [-0.15, -0.1) is 13.2 Å². The van der Waals surface area contributed by atoms with Crippen molar-refractivity contribution in [3.63, 3.8) is 0 Å². The van der Waals surface area contributed by atoms with Gasteiger partial charge in [-0.2, -0.15) is 0 Å². The molecule has 6 heteroatoms. The molecule has 0 aliphatic heterocycles. The third-order valence-electron chi connectivity index (χ3n) is 3.58. The van der Waals surface area contributed by atoms with E-state index in [1.807, 2.05) is 0 Å². The zero-order chi connectivity index (χ0) is 18.4. The van der Waals surface area contributed by atoms with Crippen LogP contribution < -0.4 is 11.2 Å². The highest BCUT2D eigenvalue weighted by Gasteiger charge is 2.13. The lowest BCUT2D eigenvalue weighted by Gasteiger charge is -2.11. The summed E-state index contributed by atoms with van der Waals surface area (Å²) in [6, 6.07) is 6.50. The molecular formula is C19H20N2O4. The Bertz CT molecular complexity index is 905. The molecule has 1 aromatic heterocycles. The Kier molecular flexibility index (Phi) is 5.89. The van der Waals surface area contributed by atoms with Crippen LogP contribution in [0.25, 0.3) is 11.1 Å². The lowest BCUT2D eigenvalue weighted by molar-refractivity contribution is 0.0526. The highest BCUT2D eigenvalue weighted by molar-refractivity contribution is 5.90. The van der Waals surface area contributed by atoms with Crippen molar-refractivity contribution in [1.29, 1.82) is 0 Å². The quantitative estimate of drug-likeness (QED) is 0.572. The van der Waals surface area contributed by atoms with Crippen molar-refractivity contribution < 1.29 is 9.53 Å². The Morgan fingerprint density at radius 2 is 1.76 bits per heavy atom. The lowest BCUT2D eigenvalue weighted by atomic mass is 10.1. The predicted molar refractivity (Wildman–Crippen MR) is 96.7 cm³/mol. The van der Waals surface area contributed by atoms with E-state index in [9.17, 15) is 14.4 Å². The zero-order valence-electron chi connectivity index (χ0n) is 14.1. The first-order chi connectivity index (χ1) is 12.0. The molecule has 0 bridgehead atoms. The van der Waals surface area contributed by atoms with Crippen LogP contribution in [-0.2, 0) is 17.8 Å². The first-order valence-electron chi connectivity index (χ1n) is 7.87. The normalized spacial score (nSPS) is 10.3. The van der Waals surface area contributed by atoms with Crippen molar-refractivity contribution in [3.05, 3.63) is 82.2 Å². The van der Waals surface area contributed by atoms with Gasteiger partial charge in [0, 0.05) is 19.3 Å². The molecule has 0 fully saturated rings. The average molecular weight is 340 g/mol. The molecule has 0 unspecified atom stereocenters. The molecule has 1 aromatic carbocycles. The topological polar surface area (TPSA) is 70.3 Å². The second kappa shape index (κ2) is 8.10. The minimum absolute atomic E-state index is 0.115. The number of hydrogen-bond donors (Lipinski definition) is 0. The van der Waals surface area contributed by atoms with E-state index < -0.39 is 17.2 Å². The van der Waals surface area contributed by atoms with Crippen LogP contribution in [0, 0.1) is 0 Å². The van der Waals surface area contributed by atoms with E-state index in [1.165, 1.54) is 16.8 Å². The van der Waals surface area contributed by atoms with Crippen LogP contribution in [-0.4, -0.2) is 21.7 Å². The van der Waals surface area contributed by atoms with E-state index in [2.05, 4.69) is 13.2 Å². The third-order valence-corrected chi connectivity index (χ3v) is 3.58. The van der Waals surface area contributed by atoms with Crippen LogP contribution in [0.4, 0.5) is 0 Å². The maximum absolute atomic E-state index is 12.6. The molecule has 2 aromatic rings. The molecule has 0 spiro atoms. The number of esters is 1. The fourth-order valence-corrected chi connectivity index (χ4v) is 2.41. The van der Waals surface area contributed by atoms with Crippen LogP contribution in [0.15, 0.2) is 65.4 Å². The van der Waals surface area contributed by atoms with E-state index >= 15 is 0 Å². The largest absolute Gasteiger partial charge is 0.462 e. The number of allylic oxidation sites excluding steroid dienone is 2. The van der Waals surface area contributed by atoms with Gasteiger partial charge in [-0.3, -0.25) is 13.9 Å². The Morgan fingerprint density at radius 3 is 2.32 bits per heavy atom. The molecule has 0 saturated carbocycles. The van der Waals surface area contributed by atoms with Crippen molar-refractivity contribution >= 4 is 5.97 Å². The molecule has 6 nitrogen and oxygen atoms in total. The molecule has 0 amide bonds. The summed E-state index contributed by atoms with van der Waals surface area (Å²) >= 11 is 0. The smallest absolute Gasteiger partial charge is 0.338 e. The summed E-state index contributed by atoms with van der Waals surface area (Å²) in [4.78, 5) is 36.7. The van der Waals surface area contributed by atoms with Crippen molar-refractivity contribution in [2.24, 2.45) is 0 Å². The van der Waals surface area contributed by atoms with Gasteiger partial charge in [0.25, 0.3) is 5.56 Å². The Hall–Kier alpha value is -3.15. The Balaban J connectivity index is 2.56. The van der Waals surface area contributed by atoms with Gasteiger partial charge < -0.3 is 4.74 Å². The molecule has 0 atom stereocenters. The molecule has 0 N–H and O–H groups in total. The van der Waals surface area contributed by atoms with Gasteiger partial charge in [0.05, 0.1) is 17.7 Å². The van der Waals surface area contributed by atoms with E-state index in [0.717, 1.165) is 4.57 Å². The lowest BCUT2D eigenvalue weighted by Crippen LogP contribution is -2.39. The number of carbonyl (C=O) groups excluding carboxylic acids is 1. The first kappa shape index (κ1) is 18.2. The molecule has 0 radical (unpaired) electrons. The number of benzene rings is 1. The number of nitrogens with zero attached hydrogens (tertiary/aromatic N) is 2. The van der Waals surface area contributed by atoms with Crippen LogP contribution >= 0.6 is 0 Å². The Morgan fingerprint density at radius 1 is 1.12 bits per heavy atom. The van der Waals surface area contributed by atoms with Gasteiger partial charge in [0.2, 0.25) is 0 Å².